The van der Waals surface area contributed by atoms with Gasteiger partial charge in [0.1, 0.15) is 10.9 Å². The number of pyridine rings is 1. The van der Waals surface area contributed by atoms with Crippen LogP contribution in [0.4, 0.5) is 5.82 Å². The number of anilines is 1. The SMILES string of the molecule is CC(C)C(NS(=O)(=O)c1cccnc1NN)C(N)=O. The van der Waals surface area contributed by atoms with Crippen molar-refractivity contribution in [1.82, 2.24) is 9.71 Å². The molecule has 1 aromatic heterocycles. The molecule has 6 N–H and O–H groups in total. The number of nitrogens with two attached hydrogens (primary N) is 2. The number of sulfonamides is 1. The summed E-state index contributed by atoms with van der Waals surface area (Å²) in [5, 5.41) is 0. The quantitative estimate of drug-likeness (QED) is 0.397. The fourth-order valence-corrected chi connectivity index (χ4v) is 2.94. The van der Waals surface area contributed by atoms with E-state index in [0.717, 1.165) is 0 Å². The van der Waals surface area contributed by atoms with Gasteiger partial charge in [-0.2, -0.15) is 4.72 Å². The van der Waals surface area contributed by atoms with E-state index >= 15 is 0 Å². The Kier molecular flexibility index (Phi) is 4.81. The molecule has 0 bridgehead atoms. The highest BCUT2D eigenvalue weighted by Crippen LogP contribution is 2.18. The maximum Gasteiger partial charge on any atom is 0.245 e. The van der Waals surface area contributed by atoms with Gasteiger partial charge in [0, 0.05) is 6.20 Å². The van der Waals surface area contributed by atoms with E-state index < -0.39 is 22.0 Å². The molecule has 106 valence electrons. The Hall–Kier alpha value is -1.71. The predicted molar refractivity (Wildman–Crippen MR) is 70.2 cm³/mol. The van der Waals surface area contributed by atoms with E-state index in [1.54, 1.807) is 13.8 Å². The standard InChI is InChI=1S/C10H17N5O3S/c1-6(2)8(9(11)16)15-19(17,18)7-4-3-5-13-10(7)14-12/h3-6,8,15H,12H2,1-2H3,(H2,11,16)(H,13,14). The minimum Gasteiger partial charge on any atom is -0.368 e. The molecule has 19 heavy (non-hydrogen) atoms. The summed E-state index contributed by atoms with van der Waals surface area (Å²) in [6, 6.07) is 1.77. The zero-order valence-electron chi connectivity index (χ0n) is 10.6. The van der Waals surface area contributed by atoms with Crippen LogP contribution in [0.5, 0.6) is 0 Å². The van der Waals surface area contributed by atoms with Crippen molar-refractivity contribution >= 4 is 21.7 Å². The van der Waals surface area contributed by atoms with Crippen LogP contribution in [0.3, 0.4) is 0 Å². The second-order valence-electron chi connectivity index (χ2n) is 4.24. The van der Waals surface area contributed by atoms with Crippen LogP contribution in [0, 0.1) is 5.92 Å². The van der Waals surface area contributed by atoms with Gasteiger partial charge in [0.25, 0.3) is 0 Å². The highest BCUT2D eigenvalue weighted by Gasteiger charge is 2.28. The Morgan fingerprint density at radius 3 is 2.53 bits per heavy atom. The van der Waals surface area contributed by atoms with Gasteiger partial charge in [0.15, 0.2) is 5.82 Å². The van der Waals surface area contributed by atoms with E-state index in [1.165, 1.54) is 18.3 Å². The molecule has 1 aromatic rings. The first-order valence-corrected chi connectivity index (χ1v) is 7.01. The number of nitrogens with zero attached hydrogens (tertiary/aromatic N) is 1. The lowest BCUT2D eigenvalue weighted by atomic mass is 10.1. The van der Waals surface area contributed by atoms with Crippen LogP contribution in [0.15, 0.2) is 23.2 Å². The average Bonchev–Trinajstić information content (AvgIpc) is 2.35. The number of rotatable bonds is 6. The lowest BCUT2D eigenvalue weighted by Gasteiger charge is -2.19. The zero-order valence-corrected chi connectivity index (χ0v) is 11.4. The average molecular weight is 287 g/mol. The van der Waals surface area contributed by atoms with Gasteiger partial charge in [0.05, 0.1) is 0 Å². The van der Waals surface area contributed by atoms with Crippen molar-refractivity contribution < 1.29 is 13.2 Å². The second-order valence-corrected chi connectivity index (χ2v) is 5.92. The number of hydrogen-bond donors (Lipinski definition) is 4. The Morgan fingerprint density at radius 1 is 1.42 bits per heavy atom. The Balaban J connectivity index is 3.14. The van der Waals surface area contributed by atoms with Crippen molar-refractivity contribution in [3.8, 4) is 0 Å². The summed E-state index contributed by atoms with van der Waals surface area (Å²) >= 11 is 0. The minimum atomic E-state index is -3.95. The first kappa shape index (κ1) is 15.3. The number of hydrazine groups is 1. The van der Waals surface area contributed by atoms with Gasteiger partial charge in [-0.05, 0) is 18.1 Å². The van der Waals surface area contributed by atoms with Crippen molar-refractivity contribution in [1.29, 1.82) is 0 Å². The van der Waals surface area contributed by atoms with Crippen LogP contribution >= 0.6 is 0 Å². The summed E-state index contributed by atoms with van der Waals surface area (Å²) in [7, 11) is -3.95. The summed E-state index contributed by atoms with van der Waals surface area (Å²) in [5.74, 6) is 4.16. The molecule has 0 aliphatic carbocycles. The molecule has 8 nitrogen and oxygen atoms in total. The Morgan fingerprint density at radius 2 is 2.05 bits per heavy atom. The molecule has 0 saturated carbocycles. The topological polar surface area (TPSA) is 140 Å². The van der Waals surface area contributed by atoms with Crippen molar-refractivity contribution in [2.45, 2.75) is 24.8 Å². The highest BCUT2D eigenvalue weighted by atomic mass is 32.2. The summed E-state index contributed by atoms with van der Waals surface area (Å²) in [4.78, 5) is 14.9. The van der Waals surface area contributed by atoms with Gasteiger partial charge in [0.2, 0.25) is 15.9 Å². The summed E-state index contributed by atoms with van der Waals surface area (Å²) in [5.41, 5.74) is 7.36. The summed E-state index contributed by atoms with van der Waals surface area (Å²) in [6.07, 6.45) is 1.39. The molecule has 1 heterocycles. The number of nitrogens with one attached hydrogen (secondary N) is 2. The lowest BCUT2D eigenvalue weighted by Crippen LogP contribution is -2.47. The number of amides is 1. The molecular formula is C10H17N5O3S. The van der Waals surface area contributed by atoms with Crippen LogP contribution in [-0.2, 0) is 14.8 Å². The fraction of sp³-hybridized carbons (Fsp3) is 0.400. The van der Waals surface area contributed by atoms with E-state index in [1.807, 2.05) is 0 Å². The molecular weight excluding hydrogens is 270 g/mol. The molecule has 0 saturated heterocycles. The maximum absolute atomic E-state index is 12.2. The third-order valence-corrected chi connectivity index (χ3v) is 3.92. The number of primary amides is 1. The molecule has 9 heteroatoms. The Bertz CT molecular complexity index is 558. The summed E-state index contributed by atoms with van der Waals surface area (Å²) < 4.78 is 26.6. The molecule has 1 unspecified atom stereocenters. The minimum absolute atomic E-state index is 0.0121. The van der Waals surface area contributed by atoms with Crippen LogP contribution in [0.1, 0.15) is 13.8 Å². The van der Waals surface area contributed by atoms with Gasteiger partial charge >= 0.3 is 0 Å². The Labute approximate surface area is 111 Å². The fourth-order valence-electron chi connectivity index (χ4n) is 1.47. The zero-order chi connectivity index (χ0) is 14.6. The molecule has 0 aliphatic rings. The van der Waals surface area contributed by atoms with Crippen LogP contribution in [-0.4, -0.2) is 25.4 Å². The lowest BCUT2D eigenvalue weighted by molar-refractivity contribution is -0.120. The first-order valence-electron chi connectivity index (χ1n) is 5.53. The molecule has 1 amide bonds. The van der Waals surface area contributed by atoms with E-state index in [0.29, 0.717) is 0 Å². The molecule has 1 atom stereocenters. The van der Waals surface area contributed by atoms with Crippen molar-refractivity contribution in [3.63, 3.8) is 0 Å². The molecule has 0 fully saturated rings. The number of hydrogen-bond acceptors (Lipinski definition) is 6. The summed E-state index contributed by atoms with van der Waals surface area (Å²) in [6.45, 7) is 3.37. The van der Waals surface area contributed by atoms with Crippen molar-refractivity contribution in [3.05, 3.63) is 18.3 Å². The van der Waals surface area contributed by atoms with Crippen molar-refractivity contribution in [2.24, 2.45) is 17.5 Å². The van der Waals surface area contributed by atoms with E-state index in [9.17, 15) is 13.2 Å². The smallest absolute Gasteiger partial charge is 0.245 e. The predicted octanol–water partition coefficient (Wildman–Crippen LogP) is -0.845. The molecule has 1 rings (SSSR count). The van der Waals surface area contributed by atoms with Crippen LogP contribution in [0.25, 0.3) is 0 Å². The van der Waals surface area contributed by atoms with Gasteiger partial charge < -0.3 is 11.2 Å². The first-order chi connectivity index (χ1) is 8.79. The van der Waals surface area contributed by atoms with Crippen LogP contribution in [0.2, 0.25) is 0 Å². The third kappa shape index (κ3) is 3.63. The number of carbonyl (C=O) groups is 1. The number of aromatic nitrogens is 1. The van der Waals surface area contributed by atoms with Gasteiger partial charge in [-0.3, -0.25) is 4.79 Å². The number of carbonyl (C=O) groups excluding carboxylic acids is 1. The molecule has 0 spiro atoms. The van der Waals surface area contributed by atoms with Crippen molar-refractivity contribution in [2.75, 3.05) is 5.43 Å². The number of nitrogen functional groups attached to an aromatic ring is 1. The third-order valence-electron chi connectivity index (χ3n) is 2.45. The monoisotopic (exact) mass is 287 g/mol. The van der Waals surface area contributed by atoms with E-state index in [4.69, 9.17) is 11.6 Å². The maximum atomic E-state index is 12.2. The molecule has 0 aromatic carbocycles. The van der Waals surface area contributed by atoms with Gasteiger partial charge in [-0.15, -0.1) is 0 Å². The second kappa shape index (κ2) is 5.95. The van der Waals surface area contributed by atoms with Crippen LogP contribution < -0.4 is 21.7 Å². The van der Waals surface area contributed by atoms with Gasteiger partial charge in [-0.1, -0.05) is 13.8 Å². The van der Waals surface area contributed by atoms with E-state index in [2.05, 4.69) is 15.1 Å². The normalized spacial score (nSPS) is 13.3. The van der Waals surface area contributed by atoms with Gasteiger partial charge in [-0.25, -0.2) is 19.2 Å². The van der Waals surface area contributed by atoms with E-state index in [-0.39, 0.29) is 16.6 Å². The largest absolute Gasteiger partial charge is 0.368 e. The molecule has 0 aliphatic heterocycles. The molecule has 0 radical (unpaired) electrons. The highest BCUT2D eigenvalue weighted by molar-refractivity contribution is 7.89.